The van der Waals surface area contributed by atoms with Crippen LogP contribution in [0.5, 0.6) is 0 Å². The minimum atomic E-state index is 0.736. The third kappa shape index (κ3) is 2.15. The molecule has 0 saturated carbocycles. The standard InChI is InChI=1S/C11H14BrNS/c1-13-5-4-8-7-14-11-3-2-9(12)6-10(8)11/h2-3,6,8,13H,4-5,7H2,1H3. The smallest absolute Gasteiger partial charge is 0.0178 e. The summed E-state index contributed by atoms with van der Waals surface area (Å²) in [5.41, 5.74) is 1.53. The van der Waals surface area contributed by atoms with Gasteiger partial charge in [-0.2, -0.15) is 0 Å². The largest absolute Gasteiger partial charge is 0.320 e. The van der Waals surface area contributed by atoms with Gasteiger partial charge >= 0.3 is 0 Å². The van der Waals surface area contributed by atoms with Crippen LogP contribution >= 0.6 is 27.7 Å². The van der Waals surface area contributed by atoms with E-state index in [2.05, 4.69) is 39.4 Å². The first-order valence-corrected chi connectivity index (χ1v) is 6.66. The fourth-order valence-corrected chi connectivity index (χ4v) is 3.47. The van der Waals surface area contributed by atoms with Crippen LogP contribution in [0.1, 0.15) is 17.9 Å². The van der Waals surface area contributed by atoms with Crippen molar-refractivity contribution in [3.63, 3.8) is 0 Å². The molecule has 1 unspecified atom stereocenters. The molecule has 1 aromatic rings. The lowest BCUT2D eigenvalue weighted by Gasteiger charge is -2.10. The normalized spacial score (nSPS) is 19.7. The van der Waals surface area contributed by atoms with Crippen LogP contribution in [0.4, 0.5) is 0 Å². The van der Waals surface area contributed by atoms with E-state index < -0.39 is 0 Å². The van der Waals surface area contributed by atoms with E-state index in [0.29, 0.717) is 0 Å². The molecule has 0 spiro atoms. The highest BCUT2D eigenvalue weighted by Crippen LogP contribution is 2.42. The molecule has 0 saturated heterocycles. The molecule has 2 rings (SSSR count). The summed E-state index contributed by atoms with van der Waals surface area (Å²) < 4.78 is 1.20. The molecule has 1 N–H and O–H groups in total. The molecule has 0 radical (unpaired) electrons. The second-order valence-electron chi connectivity index (χ2n) is 3.58. The lowest BCUT2D eigenvalue weighted by molar-refractivity contribution is 0.644. The Bertz CT molecular complexity index is 327. The molecule has 0 amide bonds. The summed E-state index contributed by atoms with van der Waals surface area (Å²) in [4.78, 5) is 1.47. The van der Waals surface area contributed by atoms with Crippen molar-refractivity contribution in [2.24, 2.45) is 0 Å². The zero-order valence-electron chi connectivity index (χ0n) is 8.22. The minimum absolute atomic E-state index is 0.736. The number of hydrogen-bond donors (Lipinski definition) is 1. The van der Waals surface area contributed by atoms with Gasteiger partial charge in [0.15, 0.2) is 0 Å². The van der Waals surface area contributed by atoms with Crippen LogP contribution in [0.15, 0.2) is 27.6 Å². The second-order valence-corrected chi connectivity index (χ2v) is 5.56. The zero-order valence-corrected chi connectivity index (χ0v) is 10.6. The Balaban J connectivity index is 2.16. The van der Waals surface area contributed by atoms with Crippen LogP contribution in [0.3, 0.4) is 0 Å². The highest BCUT2D eigenvalue weighted by molar-refractivity contribution is 9.10. The van der Waals surface area contributed by atoms with Gasteiger partial charge in [0.1, 0.15) is 0 Å². The quantitative estimate of drug-likeness (QED) is 0.906. The molecule has 14 heavy (non-hydrogen) atoms. The summed E-state index contributed by atoms with van der Waals surface area (Å²) >= 11 is 5.52. The Morgan fingerprint density at radius 2 is 2.43 bits per heavy atom. The molecule has 1 nitrogen and oxygen atoms in total. The average molecular weight is 272 g/mol. The maximum atomic E-state index is 3.54. The molecule has 0 aromatic heterocycles. The first kappa shape index (κ1) is 10.5. The molecule has 0 aliphatic carbocycles. The molecule has 1 aromatic carbocycles. The fourth-order valence-electron chi connectivity index (χ4n) is 1.81. The molecule has 1 heterocycles. The highest BCUT2D eigenvalue weighted by atomic mass is 79.9. The lowest BCUT2D eigenvalue weighted by atomic mass is 9.98. The van der Waals surface area contributed by atoms with Crippen LogP contribution in [0.2, 0.25) is 0 Å². The van der Waals surface area contributed by atoms with Crippen LogP contribution in [0.25, 0.3) is 0 Å². The topological polar surface area (TPSA) is 12.0 Å². The van der Waals surface area contributed by atoms with Gasteiger partial charge < -0.3 is 5.32 Å². The van der Waals surface area contributed by atoms with E-state index >= 15 is 0 Å². The highest BCUT2D eigenvalue weighted by Gasteiger charge is 2.22. The van der Waals surface area contributed by atoms with E-state index in [9.17, 15) is 0 Å². The van der Waals surface area contributed by atoms with Crippen molar-refractivity contribution in [1.82, 2.24) is 5.32 Å². The Labute approximate surface area is 97.8 Å². The zero-order chi connectivity index (χ0) is 9.97. The predicted octanol–water partition coefficient (Wildman–Crippen LogP) is 3.25. The van der Waals surface area contributed by atoms with E-state index in [1.165, 1.54) is 27.1 Å². The third-order valence-corrected chi connectivity index (χ3v) is 4.34. The van der Waals surface area contributed by atoms with Gasteiger partial charge in [-0.3, -0.25) is 0 Å². The first-order chi connectivity index (χ1) is 6.81. The average Bonchev–Trinajstić information content (AvgIpc) is 2.57. The van der Waals surface area contributed by atoms with Gasteiger partial charge in [-0.1, -0.05) is 15.9 Å². The van der Waals surface area contributed by atoms with Crippen molar-refractivity contribution in [2.75, 3.05) is 19.3 Å². The molecular formula is C11H14BrNS. The van der Waals surface area contributed by atoms with Crippen molar-refractivity contribution < 1.29 is 0 Å². The summed E-state index contributed by atoms with van der Waals surface area (Å²) in [5, 5.41) is 3.22. The monoisotopic (exact) mass is 271 g/mol. The molecule has 1 aliphatic rings. The van der Waals surface area contributed by atoms with Gasteiger partial charge in [0.05, 0.1) is 0 Å². The van der Waals surface area contributed by atoms with Crippen molar-refractivity contribution in [1.29, 1.82) is 0 Å². The van der Waals surface area contributed by atoms with Gasteiger partial charge in [-0.05, 0) is 49.7 Å². The van der Waals surface area contributed by atoms with Gasteiger partial charge in [0, 0.05) is 15.1 Å². The number of hydrogen-bond acceptors (Lipinski definition) is 2. The molecule has 0 bridgehead atoms. The van der Waals surface area contributed by atoms with E-state index in [1.807, 2.05) is 18.8 Å². The number of benzene rings is 1. The van der Waals surface area contributed by atoms with E-state index in [4.69, 9.17) is 0 Å². The van der Waals surface area contributed by atoms with Crippen LogP contribution in [-0.2, 0) is 0 Å². The summed E-state index contributed by atoms with van der Waals surface area (Å²) in [6.45, 7) is 1.11. The Morgan fingerprint density at radius 1 is 1.57 bits per heavy atom. The molecule has 1 aliphatic heterocycles. The maximum Gasteiger partial charge on any atom is 0.0178 e. The third-order valence-electron chi connectivity index (χ3n) is 2.59. The number of fused-ring (bicyclic) bond motifs is 1. The van der Waals surface area contributed by atoms with Gasteiger partial charge in [-0.15, -0.1) is 11.8 Å². The summed E-state index contributed by atoms with van der Waals surface area (Å²) in [6, 6.07) is 6.63. The summed E-state index contributed by atoms with van der Waals surface area (Å²) in [5.74, 6) is 1.98. The van der Waals surface area contributed by atoms with Crippen molar-refractivity contribution >= 4 is 27.7 Å². The van der Waals surface area contributed by atoms with Gasteiger partial charge in [-0.25, -0.2) is 0 Å². The lowest BCUT2D eigenvalue weighted by Crippen LogP contribution is -2.11. The predicted molar refractivity (Wildman–Crippen MR) is 66.2 cm³/mol. The first-order valence-electron chi connectivity index (χ1n) is 4.88. The second kappa shape index (κ2) is 4.69. The van der Waals surface area contributed by atoms with Crippen LogP contribution in [0, 0.1) is 0 Å². The fraction of sp³-hybridized carbons (Fsp3) is 0.455. The minimum Gasteiger partial charge on any atom is -0.320 e. The van der Waals surface area contributed by atoms with Crippen molar-refractivity contribution in [3.8, 4) is 0 Å². The van der Waals surface area contributed by atoms with Gasteiger partial charge in [0.2, 0.25) is 0 Å². The van der Waals surface area contributed by atoms with Crippen molar-refractivity contribution in [2.45, 2.75) is 17.2 Å². The Morgan fingerprint density at radius 3 is 3.21 bits per heavy atom. The number of halogens is 1. The molecule has 76 valence electrons. The molecule has 0 fully saturated rings. The van der Waals surface area contributed by atoms with Crippen LogP contribution < -0.4 is 5.32 Å². The van der Waals surface area contributed by atoms with Crippen molar-refractivity contribution in [3.05, 3.63) is 28.2 Å². The summed E-state index contributed by atoms with van der Waals surface area (Å²) in [6.07, 6.45) is 1.24. The number of nitrogens with one attached hydrogen (secondary N) is 1. The van der Waals surface area contributed by atoms with E-state index in [-0.39, 0.29) is 0 Å². The SMILES string of the molecule is CNCCC1CSc2ccc(Br)cc21. The van der Waals surface area contributed by atoms with E-state index in [1.54, 1.807) is 0 Å². The van der Waals surface area contributed by atoms with E-state index in [0.717, 1.165) is 12.5 Å². The number of rotatable bonds is 3. The summed E-state index contributed by atoms with van der Waals surface area (Å²) in [7, 11) is 2.02. The Hall–Kier alpha value is 0.01000. The van der Waals surface area contributed by atoms with Gasteiger partial charge in [0.25, 0.3) is 0 Å². The Kier molecular flexibility index (Phi) is 3.52. The molecule has 3 heteroatoms. The maximum absolute atomic E-state index is 3.54. The number of thioether (sulfide) groups is 1. The molecular weight excluding hydrogens is 258 g/mol. The molecule has 1 atom stereocenters. The van der Waals surface area contributed by atoms with Crippen LogP contribution in [-0.4, -0.2) is 19.3 Å².